The maximum absolute atomic E-state index is 15.1. The number of hydrogen-bond donors (Lipinski definition) is 2. The molecular formula is C27H36F4N6O4. The van der Waals surface area contributed by atoms with Crippen molar-refractivity contribution in [3.63, 3.8) is 0 Å². The van der Waals surface area contributed by atoms with Gasteiger partial charge in [-0.25, -0.2) is 36.7 Å². The van der Waals surface area contributed by atoms with Crippen molar-refractivity contribution in [1.82, 2.24) is 30.1 Å². The van der Waals surface area contributed by atoms with Gasteiger partial charge in [-0.1, -0.05) is 0 Å². The highest BCUT2D eigenvalue weighted by Crippen LogP contribution is 2.41. The highest BCUT2D eigenvalue weighted by Gasteiger charge is 2.43. The van der Waals surface area contributed by atoms with Gasteiger partial charge in [0.05, 0.1) is 61.4 Å². The van der Waals surface area contributed by atoms with Gasteiger partial charge in [0.15, 0.2) is 5.65 Å². The van der Waals surface area contributed by atoms with E-state index >= 15 is 8.78 Å². The molecule has 14 heteroatoms. The van der Waals surface area contributed by atoms with Crippen molar-refractivity contribution >= 4 is 17.8 Å². The van der Waals surface area contributed by atoms with Crippen LogP contribution in [0.4, 0.5) is 27.2 Å². The van der Waals surface area contributed by atoms with Crippen LogP contribution in [0.25, 0.3) is 5.65 Å². The highest BCUT2D eigenvalue weighted by atomic mass is 19.3. The predicted octanol–water partition coefficient (Wildman–Crippen LogP) is 5.00. The summed E-state index contributed by atoms with van der Waals surface area (Å²) in [5.74, 6) is -7.88. The molecule has 2 saturated carbocycles. The topological polar surface area (TPSA) is 110 Å². The molecule has 41 heavy (non-hydrogen) atoms. The van der Waals surface area contributed by atoms with E-state index in [1.54, 1.807) is 26.1 Å². The Morgan fingerprint density at radius 3 is 2.59 bits per heavy atom. The molecule has 3 fully saturated rings. The van der Waals surface area contributed by atoms with Gasteiger partial charge in [-0.05, 0) is 58.4 Å². The van der Waals surface area contributed by atoms with Crippen LogP contribution in [0.5, 0.6) is 0 Å². The Labute approximate surface area is 240 Å². The molecule has 2 aliphatic carbocycles. The molecule has 1 saturated heterocycles. The molecule has 3 amide bonds. The summed E-state index contributed by atoms with van der Waals surface area (Å²) in [5, 5.41) is 8.60. The number of alkyl halides is 4. The van der Waals surface area contributed by atoms with Crippen molar-refractivity contribution in [3.05, 3.63) is 29.7 Å². The molecular weight excluding hydrogens is 548 g/mol. The van der Waals surface area contributed by atoms with Gasteiger partial charge in [0.25, 0.3) is 5.92 Å². The van der Waals surface area contributed by atoms with E-state index in [0.717, 1.165) is 0 Å². The number of nitrogens with one attached hydrogen (secondary N) is 2. The maximum Gasteiger partial charge on any atom is 0.408 e. The molecule has 10 nitrogen and oxygen atoms in total. The van der Waals surface area contributed by atoms with Crippen molar-refractivity contribution in [3.8, 4) is 0 Å². The molecule has 3 aliphatic rings. The Morgan fingerprint density at radius 2 is 1.93 bits per heavy atom. The molecule has 0 bridgehead atoms. The zero-order valence-electron chi connectivity index (χ0n) is 26.9. The van der Waals surface area contributed by atoms with Crippen LogP contribution in [0.3, 0.4) is 0 Å². The zero-order chi connectivity index (χ0) is 33.2. The van der Waals surface area contributed by atoms with Crippen LogP contribution in [0.1, 0.15) is 88.1 Å². The number of aromatic nitrogens is 3. The van der Waals surface area contributed by atoms with Crippen LogP contribution in [-0.4, -0.2) is 74.8 Å². The van der Waals surface area contributed by atoms with Crippen molar-refractivity contribution in [2.24, 2.45) is 5.92 Å². The van der Waals surface area contributed by atoms with Gasteiger partial charge in [0.2, 0.25) is 5.92 Å². The quantitative estimate of drug-likeness (QED) is 0.420. The summed E-state index contributed by atoms with van der Waals surface area (Å²) in [6, 6.07) is -2.31. The molecule has 2 N–H and O–H groups in total. The number of fused-ring (bicyclic) bond motifs is 1. The molecule has 0 aromatic carbocycles. The SMILES string of the molecule is [2H]C1([2H])NC(=O)N([C@H](COC2CC2)c2cnn3cc([C@@H](NC(=O)OC(C)(C)C)C4CCC(F)(F)CC4)nc3c2)C([2H])([2H])C1(F)F. The van der Waals surface area contributed by atoms with E-state index in [1.807, 2.05) is 0 Å². The Kier molecular flexibility index (Phi) is 6.51. The maximum atomic E-state index is 15.1. The molecule has 3 heterocycles. The summed E-state index contributed by atoms with van der Waals surface area (Å²) in [6.45, 7) is -2.78. The number of imidazole rings is 1. The van der Waals surface area contributed by atoms with Gasteiger partial charge in [0, 0.05) is 18.4 Å². The highest BCUT2D eigenvalue weighted by molar-refractivity contribution is 5.76. The first kappa shape index (κ1) is 24.4. The summed E-state index contributed by atoms with van der Waals surface area (Å²) in [5.41, 5.74) is -0.344. The first-order valence-electron chi connectivity index (χ1n) is 15.5. The van der Waals surface area contributed by atoms with Crippen LogP contribution >= 0.6 is 0 Å². The van der Waals surface area contributed by atoms with Crippen molar-refractivity contribution in [1.29, 1.82) is 0 Å². The largest absolute Gasteiger partial charge is 0.444 e. The summed E-state index contributed by atoms with van der Waals surface area (Å²) in [4.78, 5) is 30.5. The average Bonchev–Trinajstić information content (AvgIpc) is 3.63. The molecule has 5 rings (SSSR count). The van der Waals surface area contributed by atoms with E-state index < -0.39 is 60.6 Å². The number of rotatable bonds is 8. The van der Waals surface area contributed by atoms with Crippen LogP contribution in [0, 0.1) is 5.92 Å². The number of amides is 3. The Bertz CT molecular complexity index is 1440. The number of carbonyl (C=O) groups excluding carboxylic acids is 2. The van der Waals surface area contributed by atoms with Crippen molar-refractivity contribution < 1.29 is 42.1 Å². The standard InChI is InChI=1S/C27H36F4N6O4/c1-25(2,3)41-24(39)35-22(16-6-8-26(28,29)9-7-16)19-12-37-21(34-19)10-17(11-33-37)20(13-40-18-4-5-18)36-15-27(30,31)14-32-23(36)38/h10-12,16,18,20,22H,4-9,13-15H2,1-3H3,(H,32,38)(H,35,39)/t20-,22+/m1/s1/i14D2,15D2. The van der Waals surface area contributed by atoms with Gasteiger partial charge in [-0.3, -0.25) is 0 Å². The van der Waals surface area contributed by atoms with E-state index in [2.05, 4.69) is 15.4 Å². The van der Waals surface area contributed by atoms with E-state index in [-0.39, 0.29) is 60.2 Å². The van der Waals surface area contributed by atoms with Crippen LogP contribution in [0.2, 0.25) is 0 Å². The lowest BCUT2D eigenvalue weighted by Crippen LogP contribution is -2.58. The van der Waals surface area contributed by atoms with Gasteiger partial charge < -0.3 is 25.0 Å². The number of halogens is 4. The molecule has 0 radical (unpaired) electrons. The molecule has 226 valence electrons. The Balaban J connectivity index is 1.50. The molecule has 0 unspecified atom stereocenters. The fraction of sp³-hybridized carbons (Fsp3) is 0.704. The number of ether oxygens (including phenoxy) is 2. The Hall–Kier alpha value is -3.16. The predicted molar refractivity (Wildman–Crippen MR) is 139 cm³/mol. The summed E-state index contributed by atoms with van der Waals surface area (Å²) in [7, 11) is 0. The van der Waals surface area contributed by atoms with Crippen LogP contribution < -0.4 is 10.6 Å². The van der Waals surface area contributed by atoms with E-state index in [1.165, 1.54) is 23.0 Å². The van der Waals surface area contributed by atoms with Gasteiger partial charge in [0.1, 0.15) is 5.60 Å². The molecule has 2 aromatic rings. The fourth-order valence-corrected chi connectivity index (χ4v) is 4.93. The van der Waals surface area contributed by atoms with E-state index in [4.69, 9.17) is 15.0 Å². The average molecular weight is 589 g/mol. The third kappa shape index (κ3) is 7.38. The van der Waals surface area contributed by atoms with Crippen molar-refractivity contribution in [2.75, 3.05) is 19.6 Å². The Morgan fingerprint density at radius 1 is 1.22 bits per heavy atom. The summed E-state index contributed by atoms with van der Waals surface area (Å²) < 4.78 is 102. The van der Waals surface area contributed by atoms with E-state index in [0.29, 0.717) is 12.8 Å². The second-order valence-electron chi connectivity index (χ2n) is 11.7. The first-order valence-corrected chi connectivity index (χ1v) is 13.5. The van der Waals surface area contributed by atoms with Crippen molar-refractivity contribution in [2.45, 2.75) is 94.9 Å². The number of nitrogens with zero attached hydrogens (tertiary/aromatic N) is 4. The lowest BCUT2D eigenvalue weighted by Gasteiger charge is -2.38. The minimum Gasteiger partial charge on any atom is -0.444 e. The fourth-order valence-electron chi connectivity index (χ4n) is 4.93. The second-order valence-corrected chi connectivity index (χ2v) is 11.7. The molecule has 1 aliphatic heterocycles. The monoisotopic (exact) mass is 588 g/mol. The van der Waals surface area contributed by atoms with E-state index in [9.17, 15) is 18.4 Å². The lowest BCUT2D eigenvalue weighted by molar-refractivity contribution is -0.0542. The normalized spacial score (nSPS) is 26.6. The lowest BCUT2D eigenvalue weighted by atomic mass is 9.81. The van der Waals surface area contributed by atoms with Gasteiger partial charge in [-0.2, -0.15) is 5.10 Å². The number of alkyl carbamates (subject to hydrolysis) is 1. The van der Waals surface area contributed by atoms with Crippen LogP contribution in [0.15, 0.2) is 18.5 Å². The molecule has 2 aromatic heterocycles. The van der Waals surface area contributed by atoms with Gasteiger partial charge in [-0.15, -0.1) is 0 Å². The second kappa shape index (κ2) is 10.9. The third-order valence-electron chi connectivity index (χ3n) is 7.10. The third-order valence-corrected chi connectivity index (χ3v) is 7.10. The number of carbonyl (C=O) groups is 2. The minimum atomic E-state index is -4.65. The van der Waals surface area contributed by atoms with Crippen LogP contribution in [-0.2, 0) is 9.47 Å². The number of hydrogen-bond acceptors (Lipinski definition) is 6. The molecule has 2 atom stereocenters. The molecule has 0 spiro atoms. The van der Waals surface area contributed by atoms with Gasteiger partial charge >= 0.3 is 12.1 Å². The number of urea groups is 1. The summed E-state index contributed by atoms with van der Waals surface area (Å²) >= 11 is 0. The smallest absolute Gasteiger partial charge is 0.408 e. The first-order chi connectivity index (χ1) is 20.7. The zero-order valence-corrected chi connectivity index (χ0v) is 22.9. The summed E-state index contributed by atoms with van der Waals surface area (Å²) in [6.07, 6.45) is 2.59. The minimum absolute atomic E-state index is 0.0755.